The fraction of sp³-hybridized carbons (Fsp3) is 0.615. The summed E-state index contributed by atoms with van der Waals surface area (Å²) in [5.74, 6) is 0.955. The molecule has 2 rings (SSSR count). The zero-order valence-electron chi connectivity index (χ0n) is 10.3. The van der Waals surface area contributed by atoms with Crippen LogP contribution in [0.3, 0.4) is 0 Å². The molecule has 0 spiro atoms. The number of amides is 1. The monoisotopic (exact) mass is 236 g/mol. The van der Waals surface area contributed by atoms with Crippen LogP contribution in [0.4, 0.5) is 0 Å². The van der Waals surface area contributed by atoms with Gasteiger partial charge in [0.25, 0.3) is 0 Å². The fourth-order valence-electron chi connectivity index (χ4n) is 2.51. The van der Waals surface area contributed by atoms with Crippen LogP contribution in [-0.4, -0.2) is 19.0 Å². The molecular weight excluding hydrogens is 216 g/mol. The lowest BCUT2D eigenvalue weighted by molar-refractivity contribution is -0.130. The van der Waals surface area contributed by atoms with Crippen LogP contribution in [-0.2, 0) is 11.3 Å². The first-order chi connectivity index (χ1) is 8.27. The summed E-state index contributed by atoms with van der Waals surface area (Å²) in [6.45, 7) is 4.34. The summed E-state index contributed by atoms with van der Waals surface area (Å²) in [7, 11) is 0. The largest absolute Gasteiger partial charge is 0.467 e. The molecule has 1 saturated heterocycles. The summed E-state index contributed by atoms with van der Waals surface area (Å²) in [5.41, 5.74) is -0.207. The number of nitrogens with one attached hydrogen (secondary N) is 2. The van der Waals surface area contributed by atoms with Crippen LogP contribution in [0.1, 0.15) is 31.9 Å². The van der Waals surface area contributed by atoms with Gasteiger partial charge in [-0.2, -0.15) is 0 Å². The van der Waals surface area contributed by atoms with E-state index in [0.29, 0.717) is 6.54 Å². The molecule has 1 aliphatic heterocycles. The van der Waals surface area contributed by atoms with Crippen molar-refractivity contribution in [2.24, 2.45) is 5.41 Å². The Kier molecular flexibility index (Phi) is 3.84. The molecule has 4 nitrogen and oxygen atoms in total. The first-order valence-electron chi connectivity index (χ1n) is 6.28. The highest BCUT2D eigenvalue weighted by Gasteiger charge is 2.39. The van der Waals surface area contributed by atoms with Crippen molar-refractivity contribution in [1.29, 1.82) is 0 Å². The van der Waals surface area contributed by atoms with E-state index in [4.69, 9.17) is 4.42 Å². The van der Waals surface area contributed by atoms with E-state index in [1.807, 2.05) is 12.1 Å². The Morgan fingerprint density at radius 1 is 1.65 bits per heavy atom. The molecule has 0 radical (unpaired) electrons. The maximum absolute atomic E-state index is 12.3. The predicted octanol–water partition coefficient (Wildman–Crippen LogP) is 1.68. The van der Waals surface area contributed by atoms with Gasteiger partial charge in [0.05, 0.1) is 18.2 Å². The maximum atomic E-state index is 12.3. The van der Waals surface area contributed by atoms with Gasteiger partial charge in [0.1, 0.15) is 5.76 Å². The minimum Gasteiger partial charge on any atom is -0.467 e. The molecule has 1 aromatic rings. The topological polar surface area (TPSA) is 54.3 Å². The van der Waals surface area contributed by atoms with E-state index < -0.39 is 0 Å². The number of carbonyl (C=O) groups is 1. The third kappa shape index (κ3) is 2.69. The van der Waals surface area contributed by atoms with Gasteiger partial charge < -0.3 is 15.1 Å². The van der Waals surface area contributed by atoms with E-state index in [9.17, 15) is 4.79 Å². The van der Waals surface area contributed by atoms with Gasteiger partial charge in [-0.3, -0.25) is 4.79 Å². The van der Waals surface area contributed by atoms with Gasteiger partial charge in [0.15, 0.2) is 0 Å². The van der Waals surface area contributed by atoms with Gasteiger partial charge >= 0.3 is 0 Å². The van der Waals surface area contributed by atoms with E-state index in [2.05, 4.69) is 17.6 Å². The molecule has 4 heteroatoms. The van der Waals surface area contributed by atoms with Crippen LogP contribution in [0.2, 0.25) is 0 Å². The molecule has 1 aliphatic rings. The lowest BCUT2D eigenvalue weighted by Crippen LogP contribution is -2.42. The van der Waals surface area contributed by atoms with Gasteiger partial charge in [-0.1, -0.05) is 13.3 Å². The van der Waals surface area contributed by atoms with Crippen molar-refractivity contribution >= 4 is 5.91 Å². The molecule has 0 saturated carbocycles. The Balaban J connectivity index is 1.92. The van der Waals surface area contributed by atoms with Gasteiger partial charge in [-0.05, 0) is 31.5 Å². The second-order valence-corrected chi connectivity index (χ2v) is 4.72. The summed E-state index contributed by atoms with van der Waals surface area (Å²) < 4.78 is 5.21. The Morgan fingerprint density at radius 2 is 2.53 bits per heavy atom. The zero-order chi connectivity index (χ0) is 12.1. The Morgan fingerprint density at radius 3 is 3.12 bits per heavy atom. The molecule has 94 valence electrons. The SMILES string of the molecule is CCCC1(C(=O)NCc2ccco2)CCNC1. The van der Waals surface area contributed by atoms with Crippen molar-refractivity contribution in [1.82, 2.24) is 10.6 Å². The van der Waals surface area contributed by atoms with E-state index in [1.165, 1.54) is 0 Å². The number of hydrogen-bond donors (Lipinski definition) is 2. The van der Waals surface area contributed by atoms with Crippen LogP contribution in [0.15, 0.2) is 22.8 Å². The quantitative estimate of drug-likeness (QED) is 0.817. The Bertz CT molecular complexity index is 354. The summed E-state index contributed by atoms with van der Waals surface area (Å²) in [6.07, 6.45) is 4.55. The van der Waals surface area contributed by atoms with Gasteiger partial charge in [0, 0.05) is 6.54 Å². The highest BCUT2D eigenvalue weighted by molar-refractivity contribution is 5.83. The van der Waals surface area contributed by atoms with Crippen molar-refractivity contribution < 1.29 is 9.21 Å². The minimum absolute atomic E-state index is 0.153. The first kappa shape index (κ1) is 12.2. The zero-order valence-corrected chi connectivity index (χ0v) is 10.3. The molecule has 0 aliphatic carbocycles. The van der Waals surface area contributed by atoms with Crippen LogP contribution in [0, 0.1) is 5.41 Å². The normalized spacial score (nSPS) is 23.8. The van der Waals surface area contributed by atoms with Crippen molar-refractivity contribution in [2.45, 2.75) is 32.7 Å². The average Bonchev–Trinajstić information content (AvgIpc) is 2.97. The highest BCUT2D eigenvalue weighted by atomic mass is 16.3. The smallest absolute Gasteiger partial charge is 0.227 e. The molecule has 1 unspecified atom stereocenters. The second-order valence-electron chi connectivity index (χ2n) is 4.72. The lowest BCUT2D eigenvalue weighted by atomic mass is 9.81. The van der Waals surface area contributed by atoms with Crippen LogP contribution in [0.25, 0.3) is 0 Å². The van der Waals surface area contributed by atoms with Crippen LogP contribution >= 0.6 is 0 Å². The maximum Gasteiger partial charge on any atom is 0.227 e. The molecule has 1 fully saturated rings. The molecule has 2 heterocycles. The number of carbonyl (C=O) groups excluding carboxylic acids is 1. The fourth-order valence-corrected chi connectivity index (χ4v) is 2.51. The third-order valence-electron chi connectivity index (χ3n) is 3.46. The molecule has 2 N–H and O–H groups in total. The van der Waals surface area contributed by atoms with Gasteiger partial charge in [0.2, 0.25) is 5.91 Å². The highest BCUT2D eigenvalue weighted by Crippen LogP contribution is 2.31. The van der Waals surface area contributed by atoms with E-state index in [1.54, 1.807) is 6.26 Å². The third-order valence-corrected chi connectivity index (χ3v) is 3.46. The summed E-state index contributed by atoms with van der Waals surface area (Å²) in [5, 5.41) is 6.27. The minimum atomic E-state index is -0.207. The van der Waals surface area contributed by atoms with Gasteiger partial charge in [-0.15, -0.1) is 0 Å². The van der Waals surface area contributed by atoms with Crippen LogP contribution in [0.5, 0.6) is 0 Å². The molecule has 17 heavy (non-hydrogen) atoms. The molecule has 1 aromatic heterocycles. The summed E-state index contributed by atoms with van der Waals surface area (Å²) in [4.78, 5) is 12.3. The molecule has 0 aromatic carbocycles. The second kappa shape index (κ2) is 5.36. The Labute approximate surface area is 102 Å². The van der Waals surface area contributed by atoms with Crippen molar-refractivity contribution in [3.05, 3.63) is 24.2 Å². The molecular formula is C13H20N2O2. The standard InChI is InChI=1S/C13H20N2O2/c1-2-5-13(6-7-14-10-13)12(16)15-9-11-4-3-8-17-11/h3-4,8,14H,2,5-7,9-10H2,1H3,(H,15,16). The van der Waals surface area contributed by atoms with E-state index >= 15 is 0 Å². The number of rotatable bonds is 5. The first-order valence-corrected chi connectivity index (χ1v) is 6.28. The van der Waals surface area contributed by atoms with E-state index in [-0.39, 0.29) is 11.3 Å². The predicted molar refractivity (Wildman–Crippen MR) is 65.4 cm³/mol. The number of hydrogen-bond acceptors (Lipinski definition) is 3. The van der Waals surface area contributed by atoms with Crippen molar-refractivity contribution in [3.63, 3.8) is 0 Å². The molecule has 1 amide bonds. The van der Waals surface area contributed by atoms with E-state index in [0.717, 1.165) is 38.1 Å². The Hall–Kier alpha value is -1.29. The molecule has 1 atom stereocenters. The molecule has 0 bridgehead atoms. The van der Waals surface area contributed by atoms with Gasteiger partial charge in [-0.25, -0.2) is 0 Å². The van der Waals surface area contributed by atoms with Crippen LogP contribution < -0.4 is 10.6 Å². The lowest BCUT2D eigenvalue weighted by Gasteiger charge is -2.26. The summed E-state index contributed by atoms with van der Waals surface area (Å²) >= 11 is 0. The summed E-state index contributed by atoms with van der Waals surface area (Å²) in [6, 6.07) is 3.71. The number of furan rings is 1. The van der Waals surface area contributed by atoms with Crippen molar-refractivity contribution in [2.75, 3.05) is 13.1 Å². The van der Waals surface area contributed by atoms with Crippen molar-refractivity contribution in [3.8, 4) is 0 Å². The average molecular weight is 236 g/mol.